The van der Waals surface area contributed by atoms with Crippen molar-refractivity contribution in [2.24, 2.45) is 0 Å². The minimum atomic E-state index is -0.320. The molecule has 1 aliphatic rings. The zero-order valence-corrected chi connectivity index (χ0v) is 22.9. The normalized spacial score (nSPS) is 14.5. The van der Waals surface area contributed by atoms with E-state index in [1.54, 1.807) is 17.0 Å². The van der Waals surface area contributed by atoms with Crippen molar-refractivity contribution in [1.29, 1.82) is 0 Å². The molecule has 3 aromatic rings. The van der Waals surface area contributed by atoms with Crippen LogP contribution in [0.2, 0.25) is 5.02 Å². The number of aromatic amines is 1. The van der Waals surface area contributed by atoms with Gasteiger partial charge in [0, 0.05) is 18.0 Å². The van der Waals surface area contributed by atoms with Gasteiger partial charge in [-0.3, -0.25) is 30.1 Å². The van der Waals surface area contributed by atoms with Crippen LogP contribution in [0.15, 0.2) is 58.6 Å². The Bertz CT molecular complexity index is 1310. The molecule has 3 amide bonds. The first-order valence-electron chi connectivity index (χ1n) is 11.6. The van der Waals surface area contributed by atoms with Gasteiger partial charge in [0.1, 0.15) is 4.32 Å². The number of unbranched alkanes of at least 4 members (excludes halogenated alkanes) is 2. The van der Waals surface area contributed by atoms with E-state index in [1.807, 2.05) is 42.5 Å². The van der Waals surface area contributed by atoms with Gasteiger partial charge in [-0.2, -0.15) is 0 Å². The first kappa shape index (κ1) is 27.2. The summed E-state index contributed by atoms with van der Waals surface area (Å²) in [6.45, 7) is 0.500. The Hall–Kier alpha value is -2.86. The predicted molar refractivity (Wildman–Crippen MR) is 153 cm³/mol. The maximum atomic E-state index is 12.7. The molecule has 0 unspecified atom stereocenters. The smallest absolute Gasteiger partial charge is 0.266 e. The molecule has 2 aromatic carbocycles. The number of para-hydroxylation sites is 2. The quantitative estimate of drug-likeness (QED) is 0.104. The molecule has 3 N–H and O–H groups in total. The molecule has 1 aliphatic heterocycles. The number of aromatic nitrogens is 2. The van der Waals surface area contributed by atoms with Crippen LogP contribution < -0.4 is 10.9 Å². The number of halogens is 1. The number of nitrogens with one attached hydrogen (secondary N) is 3. The molecule has 0 aliphatic carbocycles. The zero-order chi connectivity index (χ0) is 26.2. The molecule has 37 heavy (non-hydrogen) atoms. The number of hydrogen-bond donors (Lipinski definition) is 3. The summed E-state index contributed by atoms with van der Waals surface area (Å²) in [5.41, 5.74) is 7.49. The van der Waals surface area contributed by atoms with Crippen molar-refractivity contribution >= 4 is 86.5 Å². The van der Waals surface area contributed by atoms with Crippen molar-refractivity contribution in [3.8, 4) is 0 Å². The maximum absolute atomic E-state index is 12.7. The van der Waals surface area contributed by atoms with E-state index >= 15 is 0 Å². The Morgan fingerprint density at radius 3 is 2.62 bits per heavy atom. The average molecular weight is 574 g/mol. The fraction of sp³-hybridized carbons (Fsp3) is 0.240. The topological polar surface area (TPSA) is 107 Å². The second kappa shape index (κ2) is 13.1. The number of H-pyrrole nitrogens is 1. The van der Waals surface area contributed by atoms with Crippen LogP contribution in [0.5, 0.6) is 0 Å². The maximum Gasteiger partial charge on any atom is 0.266 e. The highest BCUT2D eigenvalue weighted by Crippen LogP contribution is 2.33. The second-order valence-electron chi connectivity index (χ2n) is 8.14. The van der Waals surface area contributed by atoms with Crippen molar-refractivity contribution in [1.82, 2.24) is 25.7 Å². The van der Waals surface area contributed by atoms with Crippen molar-refractivity contribution in [3.63, 3.8) is 0 Å². The molecule has 0 saturated carbocycles. The molecule has 1 saturated heterocycles. The van der Waals surface area contributed by atoms with Gasteiger partial charge in [0.15, 0.2) is 5.16 Å². The number of amides is 3. The summed E-state index contributed by atoms with van der Waals surface area (Å²) in [6.07, 6.45) is 4.17. The van der Waals surface area contributed by atoms with Crippen LogP contribution in [0.3, 0.4) is 0 Å². The monoisotopic (exact) mass is 573 g/mol. The number of imidazole rings is 1. The molecule has 1 fully saturated rings. The Labute approximate surface area is 233 Å². The number of thioether (sulfide) groups is 2. The Morgan fingerprint density at radius 2 is 1.84 bits per heavy atom. The number of hydrogen-bond acceptors (Lipinski definition) is 7. The van der Waals surface area contributed by atoms with Gasteiger partial charge < -0.3 is 4.98 Å². The van der Waals surface area contributed by atoms with E-state index in [4.69, 9.17) is 23.8 Å². The van der Waals surface area contributed by atoms with E-state index in [1.165, 1.54) is 23.5 Å². The Kier molecular flexibility index (Phi) is 9.62. The van der Waals surface area contributed by atoms with Crippen LogP contribution in [0.1, 0.15) is 31.2 Å². The van der Waals surface area contributed by atoms with Crippen LogP contribution in [0.25, 0.3) is 17.1 Å². The van der Waals surface area contributed by atoms with E-state index in [9.17, 15) is 14.4 Å². The summed E-state index contributed by atoms with van der Waals surface area (Å²) in [6, 6.07) is 14.9. The van der Waals surface area contributed by atoms with Gasteiger partial charge in [-0.25, -0.2) is 4.98 Å². The molecule has 0 radical (unpaired) electrons. The van der Waals surface area contributed by atoms with Crippen LogP contribution in [0, 0.1) is 0 Å². The van der Waals surface area contributed by atoms with Gasteiger partial charge >= 0.3 is 0 Å². The third-order valence-corrected chi connectivity index (χ3v) is 7.88. The van der Waals surface area contributed by atoms with Gasteiger partial charge in [-0.15, -0.1) is 0 Å². The van der Waals surface area contributed by atoms with E-state index in [2.05, 4.69) is 20.8 Å². The molecular weight excluding hydrogens is 550 g/mol. The minimum Gasteiger partial charge on any atom is -0.333 e. The van der Waals surface area contributed by atoms with Crippen LogP contribution in [-0.4, -0.2) is 49.2 Å². The molecule has 8 nitrogen and oxygen atoms in total. The molecular formula is C25H24ClN5O3S3. The van der Waals surface area contributed by atoms with Gasteiger partial charge in [0.05, 0.1) is 21.7 Å². The van der Waals surface area contributed by atoms with Crippen molar-refractivity contribution in [2.45, 2.75) is 30.8 Å². The first-order chi connectivity index (χ1) is 17.9. The first-order valence-corrected chi connectivity index (χ1v) is 14.1. The highest BCUT2D eigenvalue weighted by atomic mass is 35.5. The number of fused-ring (bicyclic) bond motifs is 1. The minimum absolute atomic E-state index is 0.106. The van der Waals surface area contributed by atoms with Gasteiger partial charge in [-0.05, 0) is 48.7 Å². The van der Waals surface area contributed by atoms with Crippen molar-refractivity contribution in [3.05, 3.63) is 64.0 Å². The number of carbonyl (C=O) groups excluding carboxylic acids is 3. The van der Waals surface area contributed by atoms with E-state index < -0.39 is 0 Å². The third kappa shape index (κ3) is 7.81. The predicted octanol–water partition coefficient (Wildman–Crippen LogP) is 4.92. The third-order valence-electron chi connectivity index (χ3n) is 5.38. The molecule has 4 rings (SSSR count). The summed E-state index contributed by atoms with van der Waals surface area (Å²) in [5, 5.41) is 1.28. The standard InChI is InChI=1S/C25H24ClN5O3S3/c26-17-11-9-16(10-12-17)14-20-23(34)31(25(35)37-20)13-5-1-2-8-21(32)29-30-22(33)15-36-24-27-18-6-3-4-7-19(18)28-24/h3-4,6-7,9-12,14H,1-2,5,8,13,15H2,(H,27,28)(H,29,32)(H,30,33)/b20-14-. The Morgan fingerprint density at radius 1 is 1.08 bits per heavy atom. The lowest BCUT2D eigenvalue weighted by molar-refractivity contribution is -0.127. The molecule has 2 heterocycles. The summed E-state index contributed by atoms with van der Waals surface area (Å²) >= 11 is 13.8. The van der Waals surface area contributed by atoms with Gasteiger partial charge in [0.25, 0.3) is 5.91 Å². The average Bonchev–Trinajstić information content (AvgIpc) is 3.42. The largest absolute Gasteiger partial charge is 0.333 e. The number of hydrazine groups is 1. The molecule has 0 bridgehead atoms. The number of thiocarbonyl (C=S) groups is 1. The summed E-state index contributed by atoms with van der Waals surface area (Å²) in [4.78, 5) is 46.5. The number of carbonyl (C=O) groups is 3. The lowest BCUT2D eigenvalue weighted by atomic mass is 10.2. The van der Waals surface area contributed by atoms with E-state index in [0.29, 0.717) is 38.8 Å². The fourth-order valence-electron chi connectivity index (χ4n) is 3.51. The summed E-state index contributed by atoms with van der Waals surface area (Å²) in [7, 11) is 0. The summed E-state index contributed by atoms with van der Waals surface area (Å²) in [5.74, 6) is -0.569. The van der Waals surface area contributed by atoms with Crippen LogP contribution in [0.4, 0.5) is 0 Å². The lowest BCUT2D eigenvalue weighted by Crippen LogP contribution is -2.42. The molecule has 0 atom stereocenters. The number of benzene rings is 2. The zero-order valence-electron chi connectivity index (χ0n) is 19.7. The van der Waals surface area contributed by atoms with E-state index in [0.717, 1.165) is 23.0 Å². The highest BCUT2D eigenvalue weighted by Gasteiger charge is 2.31. The lowest BCUT2D eigenvalue weighted by Gasteiger charge is -2.14. The van der Waals surface area contributed by atoms with Gasteiger partial charge in [-0.1, -0.05) is 78.0 Å². The van der Waals surface area contributed by atoms with Crippen LogP contribution >= 0.6 is 47.3 Å². The van der Waals surface area contributed by atoms with Crippen LogP contribution in [-0.2, 0) is 14.4 Å². The van der Waals surface area contributed by atoms with E-state index in [-0.39, 0.29) is 29.9 Å². The molecule has 192 valence electrons. The SMILES string of the molecule is O=C(CCCCCN1C(=O)/C(=C/c2ccc(Cl)cc2)SC1=S)NNC(=O)CSc1nc2ccccc2[nH]1. The highest BCUT2D eigenvalue weighted by molar-refractivity contribution is 8.26. The molecule has 12 heteroatoms. The second-order valence-corrected chi connectivity index (χ2v) is 11.2. The molecule has 1 aromatic heterocycles. The van der Waals surface area contributed by atoms with Crippen molar-refractivity contribution in [2.75, 3.05) is 12.3 Å². The van der Waals surface area contributed by atoms with Gasteiger partial charge in [0.2, 0.25) is 11.8 Å². The fourth-order valence-corrected chi connectivity index (χ4v) is 5.62. The number of rotatable bonds is 10. The number of nitrogens with zero attached hydrogens (tertiary/aromatic N) is 2. The van der Waals surface area contributed by atoms with Crippen molar-refractivity contribution < 1.29 is 14.4 Å². The Balaban J connectivity index is 1.10. The summed E-state index contributed by atoms with van der Waals surface area (Å²) < 4.78 is 0.534. The molecule has 0 spiro atoms.